The number of amides is 1. The van der Waals surface area contributed by atoms with Gasteiger partial charge >= 0.3 is 0 Å². The Morgan fingerprint density at radius 2 is 1.82 bits per heavy atom. The molecule has 1 aliphatic rings. The number of carbonyl (C=O) groups excluding carboxylic acids is 1. The molecule has 0 fully saturated rings. The van der Waals surface area contributed by atoms with Gasteiger partial charge in [-0.2, -0.15) is 0 Å². The largest absolute Gasteiger partial charge is 0.348 e. The zero-order valence-corrected chi connectivity index (χ0v) is 16.9. The SMILES string of the molecule is Cc1ccc(/C=N\c2sc3c(c2C(=O)NCc2ccccc2)CCCC3)cc1. The molecule has 3 nitrogen and oxygen atoms in total. The lowest BCUT2D eigenvalue weighted by molar-refractivity contribution is 0.0951. The highest BCUT2D eigenvalue weighted by atomic mass is 32.1. The number of hydrogen-bond donors (Lipinski definition) is 1. The fourth-order valence-electron chi connectivity index (χ4n) is 3.53. The normalized spacial score (nSPS) is 13.5. The summed E-state index contributed by atoms with van der Waals surface area (Å²) < 4.78 is 0. The molecule has 0 saturated heterocycles. The summed E-state index contributed by atoms with van der Waals surface area (Å²) in [4.78, 5) is 19.1. The van der Waals surface area contributed by atoms with E-state index in [0.717, 1.165) is 41.0 Å². The van der Waals surface area contributed by atoms with E-state index in [-0.39, 0.29) is 5.91 Å². The van der Waals surface area contributed by atoms with Crippen LogP contribution in [-0.2, 0) is 19.4 Å². The predicted octanol–water partition coefficient (Wildman–Crippen LogP) is 5.62. The minimum Gasteiger partial charge on any atom is -0.348 e. The van der Waals surface area contributed by atoms with E-state index in [1.54, 1.807) is 11.3 Å². The van der Waals surface area contributed by atoms with Crippen molar-refractivity contribution in [2.45, 2.75) is 39.2 Å². The van der Waals surface area contributed by atoms with E-state index in [1.165, 1.54) is 22.4 Å². The molecule has 28 heavy (non-hydrogen) atoms. The first-order valence-corrected chi connectivity index (χ1v) is 10.6. The highest BCUT2D eigenvalue weighted by Gasteiger charge is 2.25. The molecular formula is C24H24N2OS. The number of nitrogens with one attached hydrogen (secondary N) is 1. The van der Waals surface area contributed by atoms with Crippen molar-refractivity contribution in [1.29, 1.82) is 0 Å². The number of aryl methyl sites for hydroxylation is 2. The zero-order chi connectivity index (χ0) is 19.3. The van der Waals surface area contributed by atoms with Gasteiger partial charge in [0, 0.05) is 17.6 Å². The Morgan fingerprint density at radius 3 is 2.61 bits per heavy atom. The van der Waals surface area contributed by atoms with Gasteiger partial charge < -0.3 is 5.32 Å². The number of aliphatic imine (C=N–C) groups is 1. The average Bonchev–Trinajstić information content (AvgIpc) is 3.11. The molecule has 0 unspecified atom stereocenters. The molecule has 142 valence electrons. The average molecular weight is 389 g/mol. The third-order valence-corrected chi connectivity index (χ3v) is 6.28. The lowest BCUT2D eigenvalue weighted by Crippen LogP contribution is -2.24. The molecule has 0 radical (unpaired) electrons. The predicted molar refractivity (Wildman–Crippen MR) is 117 cm³/mol. The smallest absolute Gasteiger partial charge is 0.254 e. The number of thiophene rings is 1. The number of benzene rings is 2. The summed E-state index contributed by atoms with van der Waals surface area (Å²) in [6.07, 6.45) is 6.23. The second-order valence-electron chi connectivity index (χ2n) is 7.23. The molecule has 2 aromatic carbocycles. The van der Waals surface area contributed by atoms with Crippen LogP contribution in [0.15, 0.2) is 59.6 Å². The van der Waals surface area contributed by atoms with Crippen molar-refractivity contribution in [3.05, 3.63) is 87.3 Å². The molecule has 0 bridgehead atoms. The van der Waals surface area contributed by atoms with Crippen molar-refractivity contribution in [1.82, 2.24) is 5.32 Å². The van der Waals surface area contributed by atoms with E-state index >= 15 is 0 Å². The van der Waals surface area contributed by atoms with Crippen LogP contribution in [0.1, 0.15) is 50.3 Å². The summed E-state index contributed by atoms with van der Waals surface area (Å²) in [6.45, 7) is 2.61. The summed E-state index contributed by atoms with van der Waals surface area (Å²) >= 11 is 1.68. The first-order chi connectivity index (χ1) is 13.7. The van der Waals surface area contributed by atoms with E-state index in [4.69, 9.17) is 4.99 Å². The summed E-state index contributed by atoms with van der Waals surface area (Å²) in [6, 6.07) is 18.3. The molecule has 1 amide bonds. The van der Waals surface area contributed by atoms with E-state index in [1.807, 2.05) is 36.5 Å². The van der Waals surface area contributed by atoms with Crippen LogP contribution in [0.3, 0.4) is 0 Å². The van der Waals surface area contributed by atoms with E-state index in [9.17, 15) is 4.79 Å². The van der Waals surface area contributed by atoms with Gasteiger partial charge in [0.15, 0.2) is 0 Å². The molecule has 4 rings (SSSR count). The Hall–Kier alpha value is -2.72. The topological polar surface area (TPSA) is 41.5 Å². The van der Waals surface area contributed by atoms with Gasteiger partial charge in [0.1, 0.15) is 5.00 Å². The number of fused-ring (bicyclic) bond motifs is 1. The Kier molecular flexibility index (Phi) is 5.68. The maximum Gasteiger partial charge on any atom is 0.254 e. The molecule has 0 spiro atoms. The zero-order valence-electron chi connectivity index (χ0n) is 16.1. The van der Waals surface area contributed by atoms with Crippen LogP contribution >= 0.6 is 11.3 Å². The quantitative estimate of drug-likeness (QED) is 0.567. The van der Waals surface area contributed by atoms with Gasteiger partial charge in [0.05, 0.1) is 5.56 Å². The molecule has 0 atom stereocenters. The van der Waals surface area contributed by atoms with E-state index in [2.05, 4.69) is 36.5 Å². The fourth-order valence-corrected chi connectivity index (χ4v) is 4.76. The minimum absolute atomic E-state index is 0.0145. The summed E-state index contributed by atoms with van der Waals surface area (Å²) in [5, 5.41) is 3.92. The maximum atomic E-state index is 13.0. The molecule has 1 aliphatic carbocycles. The summed E-state index contributed by atoms with van der Waals surface area (Å²) in [5.41, 5.74) is 5.36. The van der Waals surface area contributed by atoms with Crippen molar-refractivity contribution in [2.24, 2.45) is 4.99 Å². The second-order valence-corrected chi connectivity index (χ2v) is 8.31. The lowest BCUT2D eigenvalue weighted by atomic mass is 9.95. The fraction of sp³-hybridized carbons (Fsp3) is 0.250. The Labute approximate surface area is 170 Å². The molecule has 3 aromatic rings. The third-order valence-electron chi connectivity index (χ3n) is 5.08. The molecule has 0 saturated carbocycles. The van der Waals surface area contributed by atoms with Gasteiger partial charge in [0.25, 0.3) is 5.91 Å². The Balaban J connectivity index is 1.60. The van der Waals surface area contributed by atoms with Crippen LogP contribution in [0, 0.1) is 6.92 Å². The van der Waals surface area contributed by atoms with Gasteiger partial charge in [-0.15, -0.1) is 11.3 Å². The summed E-state index contributed by atoms with van der Waals surface area (Å²) in [5.74, 6) is -0.0145. The van der Waals surface area contributed by atoms with E-state index in [0.29, 0.717) is 6.54 Å². The standard InChI is InChI=1S/C24H24N2OS/c1-17-11-13-19(14-12-17)16-26-24-22(20-9-5-6-10-21(20)28-24)23(27)25-15-18-7-3-2-4-8-18/h2-4,7-8,11-14,16H,5-6,9-10,15H2,1H3,(H,25,27)/b26-16-. The van der Waals surface area contributed by atoms with E-state index < -0.39 is 0 Å². The van der Waals surface area contributed by atoms with Gasteiger partial charge in [-0.05, 0) is 49.3 Å². The Bertz CT molecular complexity index is 987. The highest BCUT2D eigenvalue weighted by molar-refractivity contribution is 7.16. The van der Waals surface area contributed by atoms with Crippen LogP contribution in [0.2, 0.25) is 0 Å². The number of rotatable bonds is 5. The van der Waals surface area contributed by atoms with Crippen LogP contribution in [0.25, 0.3) is 0 Å². The first kappa shape index (κ1) is 18.6. The monoisotopic (exact) mass is 388 g/mol. The highest BCUT2D eigenvalue weighted by Crippen LogP contribution is 2.39. The van der Waals surface area contributed by atoms with Crippen molar-refractivity contribution >= 4 is 28.5 Å². The first-order valence-electron chi connectivity index (χ1n) is 9.78. The third kappa shape index (κ3) is 4.23. The molecule has 4 heteroatoms. The van der Waals surface area contributed by atoms with Crippen LogP contribution in [-0.4, -0.2) is 12.1 Å². The van der Waals surface area contributed by atoms with Crippen LogP contribution < -0.4 is 5.32 Å². The van der Waals surface area contributed by atoms with Gasteiger partial charge in [-0.3, -0.25) is 4.79 Å². The van der Waals surface area contributed by atoms with Crippen LogP contribution in [0.5, 0.6) is 0 Å². The van der Waals surface area contributed by atoms with Crippen molar-refractivity contribution < 1.29 is 4.79 Å². The van der Waals surface area contributed by atoms with Crippen LogP contribution in [0.4, 0.5) is 5.00 Å². The molecule has 1 N–H and O–H groups in total. The van der Waals surface area contributed by atoms with Gasteiger partial charge in [0.2, 0.25) is 0 Å². The number of carbonyl (C=O) groups is 1. The van der Waals surface area contributed by atoms with Gasteiger partial charge in [-0.25, -0.2) is 4.99 Å². The maximum absolute atomic E-state index is 13.0. The molecule has 1 heterocycles. The van der Waals surface area contributed by atoms with Gasteiger partial charge in [-0.1, -0.05) is 60.2 Å². The second kappa shape index (κ2) is 8.53. The van der Waals surface area contributed by atoms with Crippen molar-refractivity contribution in [3.63, 3.8) is 0 Å². The number of nitrogens with zero attached hydrogens (tertiary/aromatic N) is 1. The molecule has 1 aromatic heterocycles. The lowest BCUT2D eigenvalue weighted by Gasteiger charge is -2.12. The minimum atomic E-state index is -0.0145. The molecular weight excluding hydrogens is 364 g/mol. The number of hydrogen-bond acceptors (Lipinski definition) is 3. The Morgan fingerprint density at radius 1 is 1.07 bits per heavy atom. The summed E-state index contributed by atoms with van der Waals surface area (Å²) in [7, 11) is 0. The van der Waals surface area contributed by atoms with Crippen molar-refractivity contribution in [2.75, 3.05) is 0 Å². The molecule has 0 aliphatic heterocycles. The van der Waals surface area contributed by atoms with Crippen molar-refractivity contribution in [3.8, 4) is 0 Å².